The Labute approximate surface area is 232 Å². The van der Waals surface area contributed by atoms with Crippen molar-refractivity contribution < 1.29 is 23.5 Å². The third kappa shape index (κ3) is 4.01. The SMILES string of the molecule is CCOc1c(OC)cccc1[C@@H]1CN2C(=O)CN(CCc3cccc(F)c3)C(=O)[C@]2(C)c2[nH]c3ccccc3c21. The maximum absolute atomic E-state index is 14.3. The molecule has 1 saturated heterocycles. The van der Waals surface area contributed by atoms with Gasteiger partial charge >= 0.3 is 0 Å². The number of hydrogen-bond acceptors (Lipinski definition) is 4. The van der Waals surface area contributed by atoms with Crippen LogP contribution in [0.25, 0.3) is 10.9 Å². The Bertz CT molecular complexity index is 1620. The summed E-state index contributed by atoms with van der Waals surface area (Å²) in [6.45, 7) is 4.84. The number of piperazine rings is 1. The van der Waals surface area contributed by atoms with E-state index in [0.717, 1.165) is 27.6 Å². The summed E-state index contributed by atoms with van der Waals surface area (Å²) in [7, 11) is 1.61. The predicted octanol–water partition coefficient (Wildman–Crippen LogP) is 4.99. The number of fused-ring (bicyclic) bond motifs is 5. The fourth-order valence-electron chi connectivity index (χ4n) is 6.36. The van der Waals surface area contributed by atoms with Crippen molar-refractivity contribution in [2.24, 2.45) is 0 Å². The van der Waals surface area contributed by atoms with Gasteiger partial charge in [-0.25, -0.2) is 4.39 Å². The second-order valence-corrected chi connectivity index (χ2v) is 10.5. The molecule has 40 heavy (non-hydrogen) atoms. The summed E-state index contributed by atoms with van der Waals surface area (Å²) in [6.07, 6.45) is 0.455. The molecular weight excluding hydrogens is 509 g/mol. The summed E-state index contributed by atoms with van der Waals surface area (Å²) in [4.78, 5) is 34.9. The maximum Gasteiger partial charge on any atom is 0.254 e. The first kappa shape index (κ1) is 25.9. The van der Waals surface area contributed by atoms with Crippen LogP contribution >= 0.6 is 0 Å². The van der Waals surface area contributed by atoms with E-state index in [0.29, 0.717) is 43.3 Å². The molecule has 2 atom stereocenters. The van der Waals surface area contributed by atoms with Gasteiger partial charge in [-0.1, -0.05) is 42.5 Å². The molecule has 3 aromatic carbocycles. The van der Waals surface area contributed by atoms with Gasteiger partial charge in [0, 0.05) is 35.5 Å². The lowest BCUT2D eigenvalue weighted by molar-refractivity contribution is -0.166. The molecule has 8 heteroatoms. The summed E-state index contributed by atoms with van der Waals surface area (Å²) in [5.41, 5.74) is 3.07. The van der Waals surface area contributed by atoms with E-state index in [-0.39, 0.29) is 30.1 Å². The van der Waals surface area contributed by atoms with E-state index < -0.39 is 5.54 Å². The van der Waals surface area contributed by atoms with Crippen molar-refractivity contribution in [1.29, 1.82) is 0 Å². The highest BCUT2D eigenvalue weighted by Crippen LogP contribution is 2.50. The number of aromatic amines is 1. The first-order valence-electron chi connectivity index (χ1n) is 13.6. The minimum Gasteiger partial charge on any atom is -0.493 e. The highest BCUT2D eigenvalue weighted by Gasteiger charge is 2.56. The Morgan fingerprint density at radius 3 is 2.65 bits per heavy atom. The monoisotopic (exact) mass is 541 g/mol. The molecular formula is C32H32FN3O4. The van der Waals surface area contributed by atoms with Crippen LogP contribution in [0.4, 0.5) is 4.39 Å². The van der Waals surface area contributed by atoms with Crippen LogP contribution in [0.2, 0.25) is 0 Å². The highest BCUT2D eigenvalue weighted by molar-refractivity contribution is 6.01. The van der Waals surface area contributed by atoms with Crippen molar-refractivity contribution in [2.45, 2.75) is 31.7 Å². The summed E-state index contributed by atoms with van der Waals surface area (Å²) >= 11 is 0. The van der Waals surface area contributed by atoms with Gasteiger partial charge in [-0.2, -0.15) is 0 Å². The number of carbonyl (C=O) groups is 2. The number of amides is 2. The van der Waals surface area contributed by atoms with Gasteiger partial charge in [-0.05, 0) is 55.7 Å². The summed E-state index contributed by atoms with van der Waals surface area (Å²) in [6, 6.07) is 20.1. The van der Waals surface area contributed by atoms with E-state index in [2.05, 4.69) is 4.98 Å². The molecule has 1 fully saturated rings. The van der Waals surface area contributed by atoms with Gasteiger partial charge < -0.3 is 24.3 Å². The molecule has 6 rings (SSSR count). The zero-order chi connectivity index (χ0) is 28.0. The fourth-order valence-corrected chi connectivity index (χ4v) is 6.36. The van der Waals surface area contributed by atoms with Crippen molar-refractivity contribution in [1.82, 2.24) is 14.8 Å². The normalized spacial score (nSPS) is 20.4. The Hall–Kier alpha value is -4.33. The van der Waals surface area contributed by atoms with Crippen LogP contribution in [-0.2, 0) is 21.5 Å². The van der Waals surface area contributed by atoms with Crippen molar-refractivity contribution >= 4 is 22.7 Å². The van der Waals surface area contributed by atoms with Gasteiger partial charge in [-0.3, -0.25) is 9.59 Å². The quantitative estimate of drug-likeness (QED) is 0.358. The molecule has 4 aromatic rings. The molecule has 1 aromatic heterocycles. The third-order valence-electron chi connectivity index (χ3n) is 8.27. The summed E-state index contributed by atoms with van der Waals surface area (Å²) < 4.78 is 25.5. The van der Waals surface area contributed by atoms with E-state index in [4.69, 9.17) is 9.47 Å². The zero-order valence-electron chi connectivity index (χ0n) is 22.9. The molecule has 0 saturated carbocycles. The van der Waals surface area contributed by atoms with Crippen LogP contribution in [0.3, 0.4) is 0 Å². The number of carbonyl (C=O) groups excluding carboxylic acids is 2. The molecule has 7 nitrogen and oxygen atoms in total. The minimum absolute atomic E-state index is 0.0253. The standard InChI is InChI=1S/C32H32FN3O4/c1-4-40-29-22(12-8-14-26(29)39-3)24-18-36-27(37)19-35(16-15-20-9-7-10-21(33)17-20)31(38)32(36,2)30-28(24)23-11-5-6-13-25(23)34-30/h5-14,17,24,34H,4,15-16,18-19H2,1-3H3/t24-,32-/m0/s1. The first-order valence-corrected chi connectivity index (χ1v) is 13.6. The van der Waals surface area contributed by atoms with Crippen LogP contribution in [0.1, 0.15) is 42.1 Å². The molecule has 0 bridgehead atoms. The first-order chi connectivity index (χ1) is 19.4. The van der Waals surface area contributed by atoms with Crippen LogP contribution in [0.5, 0.6) is 11.5 Å². The summed E-state index contributed by atoms with van der Waals surface area (Å²) in [5, 5.41) is 1.01. The number of aromatic nitrogens is 1. The average Bonchev–Trinajstić information content (AvgIpc) is 3.36. The number of para-hydroxylation sites is 2. The predicted molar refractivity (Wildman–Crippen MR) is 150 cm³/mol. The number of benzene rings is 3. The van der Waals surface area contributed by atoms with E-state index in [1.54, 1.807) is 23.0 Å². The number of halogens is 1. The number of methoxy groups -OCH3 is 1. The Morgan fingerprint density at radius 1 is 1.07 bits per heavy atom. The van der Waals surface area contributed by atoms with E-state index >= 15 is 0 Å². The van der Waals surface area contributed by atoms with Crippen molar-refractivity contribution in [3.8, 4) is 11.5 Å². The highest BCUT2D eigenvalue weighted by atomic mass is 19.1. The Morgan fingerprint density at radius 2 is 1.88 bits per heavy atom. The molecule has 0 aliphatic carbocycles. The van der Waals surface area contributed by atoms with Crippen LogP contribution < -0.4 is 9.47 Å². The topological polar surface area (TPSA) is 74.9 Å². The molecule has 0 radical (unpaired) electrons. The van der Waals surface area contributed by atoms with Crippen LogP contribution in [0, 0.1) is 5.82 Å². The Balaban J connectivity index is 1.47. The van der Waals surface area contributed by atoms with Crippen LogP contribution in [-0.4, -0.2) is 59.9 Å². The molecule has 2 aliphatic rings. The fraction of sp³-hybridized carbons (Fsp3) is 0.312. The van der Waals surface area contributed by atoms with Gasteiger partial charge in [0.25, 0.3) is 5.91 Å². The average molecular weight is 542 g/mol. The largest absolute Gasteiger partial charge is 0.493 e. The number of nitrogens with zero attached hydrogens (tertiary/aromatic N) is 2. The maximum atomic E-state index is 14.3. The second kappa shape index (κ2) is 10.0. The number of rotatable bonds is 7. The number of H-pyrrole nitrogens is 1. The van der Waals surface area contributed by atoms with Gasteiger partial charge in [-0.15, -0.1) is 0 Å². The smallest absolute Gasteiger partial charge is 0.254 e. The molecule has 2 amide bonds. The van der Waals surface area contributed by atoms with Crippen molar-refractivity contribution in [2.75, 3.05) is 33.4 Å². The van der Waals surface area contributed by atoms with Gasteiger partial charge in [0.2, 0.25) is 5.91 Å². The lowest BCUT2D eigenvalue weighted by Crippen LogP contribution is -2.67. The second-order valence-electron chi connectivity index (χ2n) is 10.5. The third-order valence-corrected chi connectivity index (χ3v) is 8.27. The molecule has 206 valence electrons. The number of ether oxygens (including phenoxy) is 2. The molecule has 3 heterocycles. The molecule has 2 aliphatic heterocycles. The molecule has 0 spiro atoms. The zero-order valence-corrected chi connectivity index (χ0v) is 22.9. The van der Waals surface area contributed by atoms with E-state index in [9.17, 15) is 14.0 Å². The van der Waals surface area contributed by atoms with E-state index in [1.165, 1.54) is 12.1 Å². The summed E-state index contributed by atoms with van der Waals surface area (Å²) in [5.74, 6) is 0.429. The van der Waals surface area contributed by atoms with E-state index in [1.807, 2.05) is 62.4 Å². The lowest BCUT2D eigenvalue weighted by Gasteiger charge is -2.51. The van der Waals surface area contributed by atoms with Gasteiger partial charge in [0.05, 0.1) is 26.0 Å². The van der Waals surface area contributed by atoms with Crippen molar-refractivity contribution in [3.05, 3.63) is 94.9 Å². The molecule has 1 N–H and O–H groups in total. The van der Waals surface area contributed by atoms with Gasteiger partial charge in [0.1, 0.15) is 5.82 Å². The lowest BCUT2D eigenvalue weighted by atomic mass is 9.76. The Kier molecular flexibility index (Phi) is 6.49. The molecule has 0 unspecified atom stereocenters. The number of nitrogens with one attached hydrogen (secondary N) is 1. The number of hydrogen-bond donors (Lipinski definition) is 1. The van der Waals surface area contributed by atoms with Gasteiger partial charge in [0.15, 0.2) is 17.0 Å². The van der Waals surface area contributed by atoms with Crippen LogP contribution in [0.15, 0.2) is 66.7 Å². The van der Waals surface area contributed by atoms with Crippen molar-refractivity contribution in [3.63, 3.8) is 0 Å². The minimum atomic E-state index is -1.22.